The van der Waals surface area contributed by atoms with Crippen LogP contribution in [-0.4, -0.2) is 99.9 Å². The number of amides is 1. The summed E-state index contributed by atoms with van der Waals surface area (Å²) in [6.07, 6.45) is 0.690. The summed E-state index contributed by atoms with van der Waals surface area (Å²) in [5.41, 5.74) is 19.7. The van der Waals surface area contributed by atoms with E-state index in [1.807, 2.05) is 39.0 Å². The maximum atomic E-state index is 14.4. The Balaban J connectivity index is 0.00000696. The Morgan fingerprint density at radius 1 is 0.875 bits per heavy atom. The molecule has 3 aromatic heterocycles. The monoisotopic (exact) mass is 862 g/mol. The zero-order valence-corrected chi connectivity index (χ0v) is 35.0. The molecule has 0 unspecified atom stereocenters. The third-order valence-electron chi connectivity index (χ3n) is 11.3. The minimum Gasteiger partial charge on any atom is -0.481 e. The minimum absolute atomic E-state index is 0. The Morgan fingerprint density at radius 3 is 2.07 bits per heavy atom. The fourth-order valence-electron chi connectivity index (χ4n) is 8.24. The number of rotatable bonds is 15. The number of nitrogens with zero attached hydrogens (tertiary/aromatic N) is 3. The van der Waals surface area contributed by atoms with Crippen LogP contribution in [0.15, 0.2) is 18.2 Å². The fraction of sp³-hybridized carbons (Fsp3) is 0.512. The van der Waals surface area contributed by atoms with Crippen molar-refractivity contribution in [1.82, 2.24) is 30.2 Å². The van der Waals surface area contributed by atoms with Crippen molar-refractivity contribution in [1.29, 1.82) is 0 Å². The van der Waals surface area contributed by atoms with Gasteiger partial charge < -0.3 is 36.6 Å². The Bertz CT molecular complexity index is 2120. The molecule has 56 heavy (non-hydrogen) atoms. The maximum absolute atomic E-state index is 14.4. The summed E-state index contributed by atoms with van der Waals surface area (Å²) in [5, 5.41) is 12.9. The predicted molar refractivity (Wildman–Crippen MR) is 213 cm³/mol. The van der Waals surface area contributed by atoms with Gasteiger partial charge in [-0.2, -0.15) is 0 Å². The molecule has 0 saturated carbocycles. The van der Waals surface area contributed by atoms with Crippen molar-refractivity contribution >= 4 is 45.7 Å². The van der Waals surface area contributed by atoms with Crippen molar-refractivity contribution < 1.29 is 49.4 Å². The van der Waals surface area contributed by atoms with Gasteiger partial charge in [-0.15, -0.1) is 0 Å². The number of carboxylic acids is 1. The van der Waals surface area contributed by atoms with Gasteiger partial charge in [-0.1, -0.05) is 20.8 Å². The average molecular weight is 863 g/mol. The predicted octanol–water partition coefficient (Wildman–Crippen LogP) is 4.85. The summed E-state index contributed by atoms with van der Waals surface area (Å²) in [4.78, 5) is 72.0. The molecule has 0 aromatic carbocycles. The maximum Gasteiger partial charge on any atom is 2.00 e. The van der Waals surface area contributed by atoms with Crippen LogP contribution in [0.4, 0.5) is 0 Å². The quantitative estimate of drug-likeness (QED) is 0.0689. The number of Topliss-reactive ketones (excluding diaryl/α,β-unsaturated/α-hetero) is 1. The van der Waals surface area contributed by atoms with Gasteiger partial charge in [0.25, 0.3) is 5.91 Å². The first-order valence-electron chi connectivity index (χ1n) is 19.2. The van der Waals surface area contributed by atoms with E-state index in [1.165, 1.54) is 7.11 Å². The van der Waals surface area contributed by atoms with Crippen LogP contribution in [0.2, 0.25) is 0 Å². The number of hydrogen-bond donors (Lipinski definition) is 6. The number of esters is 1. The number of ketones is 1. The van der Waals surface area contributed by atoms with E-state index in [0.717, 1.165) is 23.4 Å². The van der Waals surface area contributed by atoms with Crippen LogP contribution in [0, 0.1) is 13.8 Å². The zero-order valence-electron chi connectivity index (χ0n) is 33.4. The molecule has 5 rings (SSSR count). The van der Waals surface area contributed by atoms with E-state index < -0.39 is 17.9 Å². The second-order valence-corrected chi connectivity index (χ2v) is 14.8. The standard InChI is InChI=1S/C41H56N8O6.Pd/c1-8-26-21(2)29-20-34-37(25(6)50)23(4)31(46-34)18-30-22(3)27(9-10-35(51)52)39(47-30)28(17-36(53)55-7)40-38(24(5)32(48-40)19-33(26)45-29)41(54)44-13-16-49(14-11-42)15-12-43;/h18-22,26-27,46,48H,8-17,42-43H2,1-7H3,(H,44,54)(H,51,52);/q;+2/t21-,22+,26-,27+;/m1./s1. The van der Waals surface area contributed by atoms with Gasteiger partial charge in [0.2, 0.25) is 0 Å². The normalized spacial score (nSPS) is 17.8. The Kier molecular flexibility index (Phi) is 15.3. The number of nitrogens with two attached hydrogens (primary N) is 2. The summed E-state index contributed by atoms with van der Waals surface area (Å²) >= 11 is 0. The Labute approximate surface area is 341 Å². The molecule has 0 spiro atoms. The van der Waals surface area contributed by atoms with Gasteiger partial charge in [-0.25, -0.2) is 0 Å². The number of fused-ring (bicyclic) bond motifs is 8. The van der Waals surface area contributed by atoms with Crippen molar-refractivity contribution in [3.05, 3.63) is 68.8 Å². The molecule has 0 saturated heterocycles. The van der Waals surface area contributed by atoms with E-state index >= 15 is 0 Å². The van der Waals surface area contributed by atoms with Crippen LogP contribution in [0.25, 0.3) is 22.1 Å². The molecule has 0 radical (unpaired) electrons. The van der Waals surface area contributed by atoms with Gasteiger partial charge in [-0.05, 0) is 62.9 Å². The number of ether oxygens (including phenoxy) is 1. The molecule has 14 nitrogen and oxygen atoms in total. The molecular formula is C41H56N8O6Pd+2. The average Bonchev–Trinajstić information content (AvgIpc) is 3.82. The van der Waals surface area contributed by atoms with Crippen LogP contribution in [0.5, 0.6) is 0 Å². The number of nitrogens with one attached hydrogen (secondary N) is 3. The van der Waals surface area contributed by atoms with E-state index in [9.17, 15) is 24.3 Å². The topological polar surface area (TPSA) is 222 Å². The molecule has 0 aliphatic carbocycles. The largest absolute Gasteiger partial charge is 2.00 e. The van der Waals surface area contributed by atoms with Gasteiger partial charge in [0.15, 0.2) is 5.78 Å². The van der Waals surface area contributed by atoms with Crippen molar-refractivity contribution in [2.45, 2.75) is 90.9 Å². The molecule has 15 heteroatoms. The summed E-state index contributed by atoms with van der Waals surface area (Å²) in [5.74, 6) is -2.51. The number of aliphatic carboxylic acids is 1. The molecule has 2 aliphatic rings. The van der Waals surface area contributed by atoms with Crippen LogP contribution in [0.1, 0.15) is 131 Å². The first-order valence-corrected chi connectivity index (χ1v) is 19.2. The summed E-state index contributed by atoms with van der Waals surface area (Å²) in [6.45, 7) is 14.6. The van der Waals surface area contributed by atoms with Crippen molar-refractivity contribution in [3.63, 3.8) is 0 Å². The van der Waals surface area contributed by atoms with Crippen LogP contribution in [0.3, 0.4) is 0 Å². The van der Waals surface area contributed by atoms with Crippen molar-refractivity contribution in [2.75, 3.05) is 46.4 Å². The molecule has 304 valence electrons. The molecule has 4 atom stereocenters. The molecule has 5 heterocycles. The van der Waals surface area contributed by atoms with Gasteiger partial charge in [0.1, 0.15) is 0 Å². The summed E-state index contributed by atoms with van der Waals surface area (Å²) in [6, 6.07) is 5.83. The number of carbonyl (C=O) groups is 4. The second-order valence-electron chi connectivity index (χ2n) is 14.8. The molecule has 8 N–H and O–H groups in total. The fourth-order valence-corrected chi connectivity index (χ4v) is 8.24. The zero-order chi connectivity index (χ0) is 40.1. The molecule has 0 fully saturated rings. The number of carboxylic acid groups (broad SMARTS) is 1. The first-order chi connectivity index (χ1) is 26.2. The number of aryl methyl sites for hydroxylation is 2. The number of aromatic nitrogens is 4. The van der Waals surface area contributed by atoms with Gasteiger partial charge in [0.05, 0.1) is 35.8 Å². The van der Waals surface area contributed by atoms with Crippen LogP contribution >= 0.6 is 0 Å². The van der Waals surface area contributed by atoms with E-state index in [1.54, 1.807) is 6.92 Å². The SMILES string of the molecule is CC[C@H]1c2cc3[nH]c(c(CC(=O)OC)c4nc(cc5[nH]c(cc(n2)[C@@H]1C)c(C(C)=O)c5C)[C@@H](C)[C@@H]4CCC(=O)O)c(C(=O)NCCN(CCN)CCN)c3C.[Pd+2]. The van der Waals surface area contributed by atoms with E-state index in [4.69, 9.17) is 26.2 Å². The Hall–Kier alpha value is -4.26. The van der Waals surface area contributed by atoms with Crippen molar-refractivity contribution in [3.8, 4) is 0 Å². The van der Waals surface area contributed by atoms with Gasteiger partial charge in [-0.3, -0.25) is 34.0 Å². The molecule has 2 aliphatic heterocycles. The molecule has 3 aromatic rings. The van der Waals surface area contributed by atoms with E-state index in [-0.39, 0.29) is 69.1 Å². The van der Waals surface area contributed by atoms with Crippen LogP contribution in [-0.2, 0) is 41.2 Å². The number of H-pyrrole nitrogens is 2. The summed E-state index contributed by atoms with van der Waals surface area (Å²) < 4.78 is 5.19. The smallest absolute Gasteiger partial charge is 0.481 e. The van der Waals surface area contributed by atoms with Gasteiger partial charge >= 0.3 is 32.4 Å². The number of methoxy groups -OCH3 is 1. The molecule has 8 bridgehead atoms. The molecular weight excluding hydrogens is 807 g/mol. The third kappa shape index (κ3) is 9.30. The number of aromatic amines is 2. The first kappa shape index (κ1) is 44.5. The number of carbonyl (C=O) groups excluding carboxylic acids is 3. The summed E-state index contributed by atoms with van der Waals surface area (Å²) in [7, 11) is 1.31. The van der Waals surface area contributed by atoms with Gasteiger partial charge in [0, 0.05) is 109 Å². The Morgan fingerprint density at radius 2 is 1.46 bits per heavy atom. The second kappa shape index (κ2) is 19.3. The third-order valence-corrected chi connectivity index (χ3v) is 11.3. The van der Waals surface area contributed by atoms with Crippen molar-refractivity contribution in [2.24, 2.45) is 11.5 Å². The van der Waals surface area contributed by atoms with Crippen LogP contribution < -0.4 is 16.8 Å². The van der Waals surface area contributed by atoms with E-state index in [2.05, 4.69) is 34.0 Å². The molecule has 1 amide bonds. The number of hydrogen-bond acceptors (Lipinski definition) is 10. The van der Waals surface area contributed by atoms with E-state index in [0.29, 0.717) is 95.0 Å². The minimum atomic E-state index is -0.956.